The molecule has 6 nitrogen and oxygen atoms in total. The van der Waals surface area contributed by atoms with Crippen molar-refractivity contribution in [3.63, 3.8) is 0 Å². The smallest absolute Gasteiger partial charge is 1.00 e. The molecule has 0 aromatic carbocycles. The third kappa shape index (κ3) is 340. The van der Waals surface area contributed by atoms with Gasteiger partial charge >= 0.3 is 36.9 Å². The van der Waals surface area contributed by atoms with Crippen LogP contribution in [-0.4, -0.2) is 38.4 Å². The van der Waals surface area contributed by atoms with Crippen LogP contribution in [0.3, 0.4) is 0 Å². The van der Waals surface area contributed by atoms with E-state index in [2.05, 4.69) is 0 Å². The molecule has 0 bridgehead atoms. The van der Waals surface area contributed by atoms with Crippen molar-refractivity contribution in [1.82, 2.24) is 0 Å². The molecule has 0 aliphatic rings. The Labute approximate surface area is 69.6 Å². The molecular weight excluding hydrogens is 130 g/mol. The molecule has 0 aromatic heterocycles. The van der Waals surface area contributed by atoms with Gasteiger partial charge in [0.2, 0.25) is 0 Å². The first-order valence-corrected chi connectivity index (χ1v) is 0.975. The fraction of sp³-hybridized carbons (Fsp3) is 0. The van der Waals surface area contributed by atoms with Crippen molar-refractivity contribution in [3.8, 4) is 0 Å². The quantitative estimate of drug-likeness (QED) is 0.129. The summed E-state index contributed by atoms with van der Waals surface area (Å²) >= 11 is 0. The van der Waals surface area contributed by atoms with E-state index < -0.39 is 7.32 Å². The monoisotopic (exact) mass is 138 g/mol. The summed E-state index contributed by atoms with van der Waals surface area (Å²) in [4.78, 5) is 0. The van der Waals surface area contributed by atoms with Gasteiger partial charge in [-0.05, 0) is 0 Å². The van der Waals surface area contributed by atoms with Crippen molar-refractivity contribution in [3.05, 3.63) is 0 Å². The molecule has 0 amide bonds. The van der Waals surface area contributed by atoms with Crippen LogP contribution >= 0.6 is 0 Å². The van der Waals surface area contributed by atoms with Crippen molar-refractivity contribution in [2.24, 2.45) is 0 Å². The maximum absolute atomic E-state index is 7.17. The van der Waals surface area contributed by atoms with Gasteiger partial charge in [0.1, 0.15) is 0 Å². The minimum Gasteiger partial charge on any atom is -1.00 e. The molecule has 0 rings (SSSR count). The van der Waals surface area contributed by atoms with Gasteiger partial charge in [-0.2, -0.15) is 0 Å². The van der Waals surface area contributed by atoms with Crippen LogP contribution < -0.4 is 29.6 Å². The first-order chi connectivity index (χ1) is 2.73. The van der Waals surface area contributed by atoms with Crippen molar-refractivity contribution < 1.29 is 62.0 Å². The second kappa shape index (κ2) is 24.9. The Balaban J connectivity index is -0.00000000990. The second-order valence-electron chi connectivity index (χ2n) is 0.346. The molecule has 0 saturated heterocycles. The standard InChI is InChI=1S/BH3O3.Na.H2O2.H2O.H/c2-1(3)4;;1-2;;/h2-4H;;1-2H;1H2;/q;+1;;;-1. The van der Waals surface area contributed by atoms with E-state index in [1.807, 2.05) is 0 Å². The molecule has 8 heavy (non-hydrogen) atoms. The van der Waals surface area contributed by atoms with E-state index in [1.54, 1.807) is 0 Å². The van der Waals surface area contributed by atoms with Gasteiger partial charge in [-0.25, -0.2) is 0 Å². The average Bonchev–Trinajstić information content (AvgIpc) is 1.41. The third-order valence-electron chi connectivity index (χ3n) is 0. The van der Waals surface area contributed by atoms with Crippen molar-refractivity contribution >= 4 is 7.32 Å². The van der Waals surface area contributed by atoms with E-state index in [0.717, 1.165) is 0 Å². The molecule has 48 valence electrons. The fourth-order valence-corrected chi connectivity index (χ4v) is 0. The maximum atomic E-state index is 7.17. The van der Waals surface area contributed by atoms with Crippen LogP contribution in [0.1, 0.15) is 1.43 Å². The first-order valence-electron chi connectivity index (χ1n) is 0.975. The molecule has 0 atom stereocenters. The molecule has 7 N–H and O–H groups in total. The molecule has 0 unspecified atom stereocenters. The Bertz CT molecular complexity index is 17.8. The predicted molar refractivity (Wildman–Crippen MR) is 22.4 cm³/mol. The molecule has 8 heteroatoms. The Morgan fingerprint density at radius 2 is 1.00 bits per heavy atom. The zero-order chi connectivity index (χ0) is 5.58. The molecule has 0 saturated carbocycles. The zero-order valence-electron chi connectivity index (χ0n) is 5.31. The van der Waals surface area contributed by atoms with Crippen LogP contribution in [0.5, 0.6) is 0 Å². The zero-order valence-corrected chi connectivity index (χ0v) is 6.31. The third-order valence-corrected chi connectivity index (χ3v) is 0. The predicted octanol–water partition coefficient (Wildman–Crippen LogP) is -5.74. The summed E-state index contributed by atoms with van der Waals surface area (Å²) in [5, 5.41) is 33.5. The first kappa shape index (κ1) is 23.2. The minimum atomic E-state index is -2.17. The van der Waals surface area contributed by atoms with Gasteiger partial charge in [0.25, 0.3) is 0 Å². The summed E-state index contributed by atoms with van der Waals surface area (Å²) in [6.07, 6.45) is 0. The Morgan fingerprint density at radius 3 is 1.00 bits per heavy atom. The van der Waals surface area contributed by atoms with Gasteiger partial charge in [0.15, 0.2) is 0 Å². The molecule has 0 aromatic rings. The second-order valence-corrected chi connectivity index (χ2v) is 0.346. The van der Waals surface area contributed by atoms with E-state index in [9.17, 15) is 0 Å². The molecule has 0 heterocycles. The average molecular weight is 138 g/mol. The van der Waals surface area contributed by atoms with Crippen molar-refractivity contribution in [1.29, 1.82) is 0 Å². The normalized spacial score (nSPS) is 4.12. The number of hydrogen-bond donors (Lipinski definition) is 5. The number of rotatable bonds is 0. The van der Waals surface area contributed by atoms with E-state index >= 15 is 0 Å². The van der Waals surface area contributed by atoms with Gasteiger partial charge in [-0.3, -0.25) is 10.5 Å². The molecule has 0 spiro atoms. The summed E-state index contributed by atoms with van der Waals surface area (Å²) in [6, 6.07) is 0. The van der Waals surface area contributed by atoms with Gasteiger partial charge in [0.05, 0.1) is 0 Å². The topological polar surface area (TPSA) is 133 Å². The summed E-state index contributed by atoms with van der Waals surface area (Å²) < 4.78 is 0. The largest absolute Gasteiger partial charge is 1.00 e. The van der Waals surface area contributed by atoms with Crippen LogP contribution in [0.25, 0.3) is 0 Å². The van der Waals surface area contributed by atoms with Gasteiger partial charge in [-0.15, -0.1) is 0 Å². The summed E-state index contributed by atoms with van der Waals surface area (Å²) in [6.45, 7) is 0. The van der Waals surface area contributed by atoms with Gasteiger partial charge in [-0.1, -0.05) is 0 Å². The van der Waals surface area contributed by atoms with Gasteiger partial charge in [0, 0.05) is 0 Å². The minimum absolute atomic E-state index is 0. The maximum Gasteiger partial charge on any atom is 1.00 e. The van der Waals surface area contributed by atoms with Crippen molar-refractivity contribution in [2.75, 3.05) is 0 Å². The molecule has 0 aliphatic heterocycles. The Morgan fingerprint density at radius 1 is 1.00 bits per heavy atom. The summed E-state index contributed by atoms with van der Waals surface area (Å²) in [5.74, 6) is 0. The van der Waals surface area contributed by atoms with Crippen LogP contribution in [0, 0.1) is 0 Å². The fourth-order valence-electron chi connectivity index (χ4n) is 0. The Kier molecular flexibility index (Phi) is 72.3. The molecule has 0 fully saturated rings. The van der Waals surface area contributed by atoms with Crippen LogP contribution in [0.15, 0.2) is 0 Å². The van der Waals surface area contributed by atoms with E-state index in [-0.39, 0.29) is 36.5 Å². The molecule has 0 radical (unpaired) electrons. The molecule has 0 aliphatic carbocycles. The van der Waals surface area contributed by atoms with Crippen LogP contribution in [0.4, 0.5) is 0 Å². The summed E-state index contributed by atoms with van der Waals surface area (Å²) in [7, 11) is -2.17. The van der Waals surface area contributed by atoms with Gasteiger partial charge < -0.3 is 22.0 Å². The van der Waals surface area contributed by atoms with E-state index in [4.69, 9.17) is 25.6 Å². The van der Waals surface area contributed by atoms with E-state index in [1.165, 1.54) is 0 Å². The number of hydrogen-bond acceptors (Lipinski definition) is 5. The van der Waals surface area contributed by atoms with Crippen molar-refractivity contribution in [2.45, 2.75) is 0 Å². The van der Waals surface area contributed by atoms with E-state index in [0.29, 0.717) is 0 Å². The van der Waals surface area contributed by atoms with Crippen LogP contribution in [0.2, 0.25) is 0 Å². The summed E-state index contributed by atoms with van der Waals surface area (Å²) in [5.41, 5.74) is 0. The van der Waals surface area contributed by atoms with Crippen LogP contribution in [-0.2, 0) is 0 Å². The SMILES string of the molecule is O.OB(O)O.OO.[H-].[Na+]. The molecular formula is H8BNaO6. The Hall–Kier alpha value is 0.825.